The smallest absolute Gasteiger partial charge is 0.146 e. The third kappa shape index (κ3) is 3.28. The van der Waals surface area contributed by atoms with Crippen LogP contribution in [0.4, 0.5) is 0 Å². The van der Waals surface area contributed by atoms with Crippen molar-refractivity contribution < 1.29 is 14.6 Å². The molecule has 3 heteroatoms. The van der Waals surface area contributed by atoms with Gasteiger partial charge in [-0.15, -0.1) is 0 Å². The molecular weight excluding hydrogens is 348 g/mol. The molecule has 28 heavy (non-hydrogen) atoms. The number of fused-ring (bicyclic) bond motifs is 5. The molecule has 2 saturated carbocycles. The van der Waals surface area contributed by atoms with Crippen LogP contribution in [0.3, 0.4) is 0 Å². The first-order valence-corrected chi connectivity index (χ1v) is 11.1. The highest BCUT2D eigenvalue weighted by Gasteiger charge is 2.56. The number of allylic oxidation sites excluding steroid dienone is 3. The largest absolute Gasteiger partial charge is 0.395 e. The SMILES string of the molecule is COCO[C@H]1CC[C@@]2(C)C(=CC[C@@H]3[C@@H]2CC[C@]2(C)C(C#CCCO)=CC[C@@H]32)C1. The summed E-state index contributed by atoms with van der Waals surface area (Å²) in [5, 5.41) is 9.05. The van der Waals surface area contributed by atoms with Crippen LogP contribution in [0.2, 0.25) is 0 Å². The van der Waals surface area contributed by atoms with Crippen molar-refractivity contribution in [1.82, 2.24) is 0 Å². The quantitative estimate of drug-likeness (QED) is 0.427. The van der Waals surface area contributed by atoms with E-state index in [4.69, 9.17) is 14.6 Å². The first-order chi connectivity index (χ1) is 13.5. The van der Waals surface area contributed by atoms with Crippen LogP contribution < -0.4 is 0 Å². The number of methoxy groups -OCH3 is 1. The molecule has 4 rings (SSSR count). The van der Waals surface area contributed by atoms with Gasteiger partial charge in [0.15, 0.2) is 0 Å². The lowest BCUT2D eigenvalue weighted by Gasteiger charge is -2.57. The fraction of sp³-hybridized carbons (Fsp3) is 0.760. The van der Waals surface area contributed by atoms with Gasteiger partial charge in [0.2, 0.25) is 0 Å². The van der Waals surface area contributed by atoms with Gasteiger partial charge < -0.3 is 14.6 Å². The van der Waals surface area contributed by atoms with E-state index < -0.39 is 0 Å². The third-order valence-electron chi connectivity index (χ3n) is 8.52. The molecule has 0 aromatic carbocycles. The van der Waals surface area contributed by atoms with Gasteiger partial charge in [0.05, 0.1) is 12.7 Å². The van der Waals surface area contributed by atoms with Gasteiger partial charge in [0, 0.05) is 24.5 Å². The van der Waals surface area contributed by atoms with Gasteiger partial charge in [-0.05, 0) is 68.1 Å². The highest BCUT2D eigenvalue weighted by molar-refractivity contribution is 5.40. The minimum absolute atomic E-state index is 0.159. The molecule has 0 unspecified atom stereocenters. The molecule has 0 bridgehead atoms. The van der Waals surface area contributed by atoms with Crippen LogP contribution in [0.15, 0.2) is 23.3 Å². The van der Waals surface area contributed by atoms with Crippen LogP contribution in [0.1, 0.15) is 65.2 Å². The number of hydrogen-bond acceptors (Lipinski definition) is 3. The van der Waals surface area contributed by atoms with Gasteiger partial charge in [0.1, 0.15) is 6.79 Å². The average Bonchev–Trinajstić information content (AvgIpc) is 3.03. The molecule has 0 spiro atoms. The Labute approximate surface area is 170 Å². The van der Waals surface area contributed by atoms with E-state index in [1.54, 1.807) is 12.7 Å². The van der Waals surface area contributed by atoms with Crippen LogP contribution in [0.25, 0.3) is 0 Å². The van der Waals surface area contributed by atoms with E-state index in [9.17, 15) is 0 Å². The molecule has 6 atom stereocenters. The summed E-state index contributed by atoms with van der Waals surface area (Å²) in [5.74, 6) is 8.89. The lowest BCUT2D eigenvalue weighted by molar-refractivity contribution is -0.0944. The topological polar surface area (TPSA) is 38.7 Å². The fourth-order valence-corrected chi connectivity index (χ4v) is 6.91. The van der Waals surface area contributed by atoms with Gasteiger partial charge in [0.25, 0.3) is 0 Å². The minimum Gasteiger partial charge on any atom is -0.395 e. The number of rotatable bonds is 4. The molecule has 0 saturated heterocycles. The minimum atomic E-state index is 0.159. The van der Waals surface area contributed by atoms with Crippen molar-refractivity contribution in [2.24, 2.45) is 28.6 Å². The molecule has 0 amide bonds. The zero-order valence-corrected chi connectivity index (χ0v) is 17.8. The average molecular weight is 385 g/mol. The standard InChI is InChI=1S/C25H36O3/c1-24-14-12-23-21(22(24)10-8-18(24)6-4-5-15-26)9-7-19-16-20(28-17-27-3)11-13-25(19,23)2/h7-8,20-23,26H,5,9-17H2,1-3H3/t20-,21-,22-,23-,24+,25-/m0/s1. The van der Waals surface area contributed by atoms with Crippen LogP contribution in [-0.4, -0.2) is 31.7 Å². The lowest BCUT2D eigenvalue weighted by Crippen LogP contribution is -2.50. The third-order valence-corrected chi connectivity index (χ3v) is 8.52. The normalized spacial score (nSPS) is 41.7. The van der Waals surface area contributed by atoms with Crippen LogP contribution >= 0.6 is 0 Å². The van der Waals surface area contributed by atoms with Crippen LogP contribution in [-0.2, 0) is 9.47 Å². The molecule has 0 aromatic heterocycles. The summed E-state index contributed by atoms with van der Waals surface area (Å²) in [4.78, 5) is 0. The molecule has 154 valence electrons. The van der Waals surface area contributed by atoms with E-state index in [1.807, 2.05) is 0 Å². The zero-order valence-electron chi connectivity index (χ0n) is 17.8. The van der Waals surface area contributed by atoms with Gasteiger partial charge in [-0.1, -0.05) is 43.4 Å². The maximum absolute atomic E-state index is 9.05. The number of aliphatic hydroxyl groups excluding tert-OH is 1. The Kier molecular flexibility index (Phi) is 5.76. The first-order valence-electron chi connectivity index (χ1n) is 11.1. The Morgan fingerprint density at radius 2 is 1.93 bits per heavy atom. The molecule has 4 aliphatic rings. The fourth-order valence-electron chi connectivity index (χ4n) is 6.91. The Morgan fingerprint density at radius 3 is 2.71 bits per heavy atom. The highest BCUT2D eigenvalue weighted by atomic mass is 16.7. The molecule has 1 N–H and O–H groups in total. The summed E-state index contributed by atoms with van der Waals surface area (Å²) in [7, 11) is 1.70. The predicted octanol–water partition coefficient (Wildman–Crippen LogP) is 4.86. The van der Waals surface area contributed by atoms with Crippen LogP contribution in [0, 0.1) is 40.4 Å². The Morgan fingerprint density at radius 1 is 1.11 bits per heavy atom. The van der Waals surface area contributed by atoms with Crippen molar-refractivity contribution in [3.05, 3.63) is 23.3 Å². The van der Waals surface area contributed by atoms with Crippen molar-refractivity contribution in [2.75, 3.05) is 20.5 Å². The van der Waals surface area contributed by atoms with Crippen molar-refractivity contribution in [2.45, 2.75) is 71.3 Å². The lowest BCUT2D eigenvalue weighted by atomic mass is 9.47. The Hall–Kier alpha value is -1.08. The summed E-state index contributed by atoms with van der Waals surface area (Å²) in [6.07, 6.45) is 14.3. The van der Waals surface area contributed by atoms with Gasteiger partial charge in [-0.25, -0.2) is 0 Å². The molecule has 0 heterocycles. The maximum atomic E-state index is 9.05. The monoisotopic (exact) mass is 384 g/mol. The Balaban J connectivity index is 1.52. The van der Waals surface area contributed by atoms with Gasteiger partial charge >= 0.3 is 0 Å². The number of ether oxygens (including phenoxy) is 2. The second kappa shape index (κ2) is 7.98. The van der Waals surface area contributed by atoms with Gasteiger partial charge in [-0.3, -0.25) is 0 Å². The molecule has 4 aliphatic carbocycles. The number of hydrogen-bond donors (Lipinski definition) is 1. The van der Waals surface area contributed by atoms with E-state index in [0.717, 1.165) is 30.6 Å². The molecule has 0 aliphatic heterocycles. The van der Waals surface area contributed by atoms with E-state index in [2.05, 4.69) is 37.8 Å². The second-order valence-corrected chi connectivity index (χ2v) is 9.78. The van der Waals surface area contributed by atoms with Crippen molar-refractivity contribution in [1.29, 1.82) is 0 Å². The maximum Gasteiger partial charge on any atom is 0.146 e. The van der Waals surface area contributed by atoms with Crippen molar-refractivity contribution in [3.8, 4) is 11.8 Å². The summed E-state index contributed by atoms with van der Waals surface area (Å²) in [6, 6.07) is 0. The summed E-state index contributed by atoms with van der Waals surface area (Å²) >= 11 is 0. The summed E-state index contributed by atoms with van der Waals surface area (Å²) in [6.45, 7) is 5.56. The molecule has 2 fully saturated rings. The molecule has 0 radical (unpaired) electrons. The molecular formula is C25H36O3. The number of aliphatic hydroxyl groups is 1. The van der Waals surface area contributed by atoms with E-state index in [1.165, 1.54) is 37.7 Å². The first kappa shape index (κ1) is 20.2. The van der Waals surface area contributed by atoms with E-state index in [0.29, 0.717) is 24.7 Å². The van der Waals surface area contributed by atoms with E-state index >= 15 is 0 Å². The summed E-state index contributed by atoms with van der Waals surface area (Å²) < 4.78 is 11.0. The molecule has 3 nitrogen and oxygen atoms in total. The van der Waals surface area contributed by atoms with Gasteiger partial charge in [-0.2, -0.15) is 0 Å². The zero-order chi connectivity index (χ0) is 19.8. The second-order valence-electron chi connectivity index (χ2n) is 9.78. The predicted molar refractivity (Wildman–Crippen MR) is 111 cm³/mol. The highest BCUT2D eigenvalue weighted by Crippen LogP contribution is 2.64. The van der Waals surface area contributed by atoms with Crippen LogP contribution in [0.5, 0.6) is 0 Å². The molecule has 0 aromatic rings. The Bertz CT molecular complexity index is 711. The van der Waals surface area contributed by atoms with E-state index in [-0.39, 0.29) is 12.0 Å². The van der Waals surface area contributed by atoms with Crippen molar-refractivity contribution in [3.63, 3.8) is 0 Å². The van der Waals surface area contributed by atoms with Crippen molar-refractivity contribution >= 4 is 0 Å². The summed E-state index contributed by atoms with van der Waals surface area (Å²) in [5.41, 5.74) is 3.59.